The summed E-state index contributed by atoms with van der Waals surface area (Å²) < 4.78 is 9.73. The Balaban J connectivity index is 3.28. The van der Waals surface area contributed by atoms with Crippen LogP contribution in [0.3, 0.4) is 0 Å². The van der Waals surface area contributed by atoms with Crippen LogP contribution in [-0.2, 0) is 9.47 Å². The third-order valence-electron chi connectivity index (χ3n) is 1.12. The van der Waals surface area contributed by atoms with Gasteiger partial charge in [0.1, 0.15) is 6.79 Å². The first-order valence-electron chi connectivity index (χ1n) is 3.30. The number of aliphatic hydroxyl groups is 1. The number of rotatable bonds is 5. The third kappa shape index (κ3) is 4.73. The normalized spacial score (nSPS) is 12.0. The average Bonchev–Trinajstić information content (AvgIpc) is 1.89. The maximum absolute atomic E-state index is 8.77. The number of methoxy groups -OCH3 is 1. The zero-order valence-electron chi connectivity index (χ0n) is 6.89. The fourth-order valence-electron chi connectivity index (χ4n) is 0.447. The van der Waals surface area contributed by atoms with Crippen molar-refractivity contribution < 1.29 is 14.6 Å². The molecule has 0 atom stereocenters. The predicted octanol–water partition coefficient (Wildman–Crippen LogP) is 0.625. The van der Waals surface area contributed by atoms with Gasteiger partial charge in [0.05, 0.1) is 13.2 Å². The topological polar surface area (TPSA) is 38.7 Å². The van der Waals surface area contributed by atoms with Gasteiger partial charge in [-0.05, 0) is 0 Å². The van der Waals surface area contributed by atoms with Crippen molar-refractivity contribution in [2.75, 3.05) is 27.1 Å². The Morgan fingerprint density at radius 3 is 2.40 bits per heavy atom. The van der Waals surface area contributed by atoms with Crippen molar-refractivity contribution in [3.05, 3.63) is 0 Å². The minimum absolute atomic E-state index is 0.136. The highest BCUT2D eigenvalue weighted by atomic mass is 16.7. The van der Waals surface area contributed by atoms with E-state index in [0.29, 0.717) is 13.4 Å². The highest BCUT2D eigenvalue weighted by molar-refractivity contribution is 4.64. The lowest BCUT2D eigenvalue weighted by molar-refractivity contribution is -0.0672. The van der Waals surface area contributed by atoms with Crippen LogP contribution in [0.5, 0.6) is 0 Å². The van der Waals surface area contributed by atoms with E-state index in [9.17, 15) is 0 Å². The van der Waals surface area contributed by atoms with Gasteiger partial charge in [-0.2, -0.15) is 0 Å². The van der Waals surface area contributed by atoms with Crippen molar-refractivity contribution in [1.29, 1.82) is 0 Å². The van der Waals surface area contributed by atoms with Gasteiger partial charge in [0, 0.05) is 12.5 Å². The lowest BCUT2D eigenvalue weighted by Crippen LogP contribution is -2.24. The Morgan fingerprint density at radius 1 is 1.40 bits per heavy atom. The number of hydrogen-bond acceptors (Lipinski definition) is 3. The van der Waals surface area contributed by atoms with Gasteiger partial charge < -0.3 is 14.6 Å². The lowest BCUT2D eigenvalue weighted by atomic mass is 9.97. The molecule has 0 unspecified atom stereocenters. The van der Waals surface area contributed by atoms with Crippen molar-refractivity contribution in [2.45, 2.75) is 13.8 Å². The van der Waals surface area contributed by atoms with Crippen LogP contribution in [0.15, 0.2) is 0 Å². The highest BCUT2D eigenvalue weighted by Crippen LogP contribution is 2.12. The second kappa shape index (κ2) is 4.66. The fourth-order valence-corrected chi connectivity index (χ4v) is 0.447. The van der Waals surface area contributed by atoms with E-state index >= 15 is 0 Å². The Hall–Kier alpha value is -0.120. The second-order valence-electron chi connectivity index (χ2n) is 3.08. The van der Waals surface area contributed by atoms with Crippen LogP contribution in [-0.4, -0.2) is 32.2 Å². The van der Waals surface area contributed by atoms with Crippen LogP contribution in [0, 0.1) is 5.41 Å². The van der Waals surface area contributed by atoms with Crippen LogP contribution in [0.1, 0.15) is 13.8 Å². The summed E-state index contributed by atoms with van der Waals surface area (Å²) in [5, 5.41) is 8.77. The van der Waals surface area contributed by atoms with E-state index in [0.717, 1.165) is 0 Å². The van der Waals surface area contributed by atoms with Crippen molar-refractivity contribution >= 4 is 0 Å². The molecule has 0 aliphatic heterocycles. The summed E-state index contributed by atoms with van der Waals surface area (Å²) in [6.45, 7) is 4.82. The Labute approximate surface area is 62.0 Å². The minimum atomic E-state index is -0.154. The summed E-state index contributed by atoms with van der Waals surface area (Å²) in [4.78, 5) is 0. The first-order valence-corrected chi connectivity index (χ1v) is 3.30. The molecule has 1 N–H and O–H groups in total. The summed E-state index contributed by atoms with van der Waals surface area (Å²) in [5.41, 5.74) is -0.154. The monoisotopic (exact) mass is 148 g/mol. The van der Waals surface area contributed by atoms with Gasteiger partial charge >= 0.3 is 0 Å². The number of hydrogen-bond donors (Lipinski definition) is 1. The molecule has 0 aliphatic rings. The molecule has 0 saturated heterocycles. The fraction of sp³-hybridized carbons (Fsp3) is 1.00. The zero-order valence-corrected chi connectivity index (χ0v) is 6.89. The van der Waals surface area contributed by atoms with Crippen molar-refractivity contribution in [2.24, 2.45) is 5.41 Å². The summed E-state index contributed by atoms with van der Waals surface area (Å²) >= 11 is 0. The molecule has 3 nitrogen and oxygen atoms in total. The van der Waals surface area contributed by atoms with Crippen LogP contribution in [0.2, 0.25) is 0 Å². The first-order chi connectivity index (χ1) is 4.62. The maximum Gasteiger partial charge on any atom is 0.146 e. The minimum Gasteiger partial charge on any atom is -0.396 e. The molecule has 0 amide bonds. The van der Waals surface area contributed by atoms with E-state index in [1.807, 2.05) is 13.8 Å². The molecule has 0 fully saturated rings. The van der Waals surface area contributed by atoms with Crippen molar-refractivity contribution in [1.82, 2.24) is 0 Å². The van der Waals surface area contributed by atoms with Crippen molar-refractivity contribution in [3.63, 3.8) is 0 Å². The Morgan fingerprint density at radius 2 is 2.00 bits per heavy atom. The van der Waals surface area contributed by atoms with Gasteiger partial charge in [-0.3, -0.25) is 0 Å². The van der Waals surface area contributed by atoms with Crippen molar-refractivity contribution in [3.8, 4) is 0 Å². The number of aliphatic hydroxyl groups excluding tert-OH is 1. The van der Waals surface area contributed by atoms with Gasteiger partial charge in [0.15, 0.2) is 0 Å². The van der Waals surface area contributed by atoms with E-state index in [4.69, 9.17) is 9.84 Å². The Bertz CT molecular complexity index is 80.9. The van der Waals surface area contributed by atoms with E-state index < -0.39 is 0 Å². The summed E-state index contributed by atoms with van der Waals surface area (Å²) in [6.07, 6.45) is 0. The molecule has 0 aromatic heterocycles. The van der Waals surface area contributed by atoms with Crippen LogP contribution in [0.4, 0.5) is 0 Å². The molecule has 0 saturated carbocycles. The molecule has 0 spiro atoms. The van der Waals surface area contributed by atoms with E-state index in [1.165, 1.54) is 0 Å². The molecular weight excluding hydrogens is 132 g/mol. The number of ether oxygens (including phenoxy) is 2. The van der Waals surface area contributed by atoms with E-state index in [1.54, 1.807) is 7.11 Å². The molecular formula is C7H16O3. The molecule has 0 aromatic rings. The zero-order chi connectivity index (χ0) is 8.04. The van der Waals surface area contributed by atoms with Crippen LogP contribution < -0.4 is 0 Å². The maximum atomic E-state index is 8.77. The Kier molecular flexibility index (Phi) is 4.60. The third-order valence-corrected chi connectivity index (χ3v) is 1.12. The lowest BCUT2D eigenvalue weighted by Gasteiger charge is -2.20. The molecule has 0 heterocycles. The molecule has 62 valence electrons. The summed E-state index contributed by atoms with van der Waals surface area (Å²) in [7, 11) is 1.58. The SMILES string of the molecule is COCOCC(C)(C)CO. The van der Waals surface area contributed by atoms with E-state index in [2.05, 4.69) is 4.74 Å². The average molecular weight is 148 g/mol. The molecule has 0 aliphatic carbocycles. The predicted molar refractivity (Wildman–Crippen MR) is 38.7 cm³/mol. The highest BCUT2D eigenvalue weighted by Gasteiger charge is 2.15. The van der Waals surface area contributed by atoms with Gasteiger partial charge in [-0.1, -0.05) is 13.8 Å². The molecule has 3 heteroatoms. The summed E-state index contributed by atoms with van der Waals surface area (Å²) in [6, 6.07) is 0. The van der Waals surface area contributed by atoms with Crippen LogP contribution >= 0.6 is 0 Å². The van der Waals surface area contributed by atoms with Gasteiger partial charge in [0.2, 0.25) is 0 Å². The molecule has 10 heavy (non-hydrogen) atoms. The quantitative estimate of drug-likeness (QED) is 0.459. The summed E-state index contributed by atoms with van der Waals surface area (Å²) in [5.74, 6) is 0. The van der Waals surface area contributed by atoms with E-state index in [-0.39, 0.29) is 12.0 Å². The standard InChI is InChI=1S/C7H16O3/c1-7(2,4-8)5-10-6-9-3/h8H,4-6H2,1-3H3. The smallest absolute Gasteiger partial charge is 0.146 e. The molecule has 0 radical (unpaired) electrons. The molecule has 0 rings (SSSR count). The molecule has 0 aromatic carbocycles. The largest absolute Gasteiger partial charge is 0.396 e. The van der Waals surface area contributed by atoms with Gasteiger partial charge in [0.25, 0.3) is 0 Å². The van der Waals surface area contributed by atoms with Gasteiger partial charge in [-0.25, -0.2) is 0 Å². The molecule has 0 bridgehead atoms. The first kappa shape index (κ1) is 9.88. The van der Waals surface area contributed by atoms with Gasteiger partial charge in [-0.15, -0.1) is 0 Å². The second-order valence-corrected chi connectivity index (χ2v) is 3.08. The van der Waals surface area contributed by atoms with Crippen LogP contribution in [0.25, 0.3) is 0 Å².